The molecule has 4 aliphatic rings. The Morgan fingerprint density at radius 1 is 1.22 bits per heavy atom. The van der Waals surface area contributed by atoms with Crippen molar-refractivity contribution < 1.29 is 9.18 Å². The van der Waals surface area contributed by atoms with Gasteiger partial charge in [0.05, 0.1) is 17.8 Å². The SMILES string of the molecule is CC[C@]1(c2ccccc2F)[C@@H]2CCN(c3cnc4c(C5=CC6C(=O)N=CC=C6C=C5)[nH]nc4n3)C[C@@H]21. The third-order valence-corrected chi connectivity index (χ3v) is 8.55. The monoisotopic (exact) mass is 480 g/mol. The summed E-state index contributed by atoms with van der Waals surface area (Å²) in [5.74, 6) is 1.04. The Hall–Kier alpha value is -3.94. The Morgan fingerprint density at radius 3 is 2.97 bits per heavy atom. The number of aliphatic imine (C=N–C) groups is 1. The van der Waals surface area contributed by atoms with E-state index in [0.29, 0.717) is 23.0 Å². The van der Waals surface area contributed by atoms with Crippen LogP contribution in [0.4, 0.5) is 10.2 Å². The number of H-pyrrole nitrogens is 1. The van der Waals surface area contributed by atoms with E-state index in [0.717, 1.165) is 54.2 Å². The molecule has 1 N–H and O–H groups in total. The third kappa shape index (κ3) is 3.00. The van der Waals surface area contributed by atoms with Crippen molar-refractivity contribution in [2.45, 2.75) is 25.2 Å². The van der Waals surface area contributed by atoms with Gasteiger partial charge in [0.15, 0.2) is 0 Å². The lowest BCUT2D eigenvalue weighted by molar-refractivity contribution is -0.119. The summed E-state index contributed by atoms with van der Waals surface area (Å²) >= 11 is 0. The number of aromatic amines is 1. The number of nitrogens with zero attached hydrogens (tertiary/aromatic N) is 5. The number of nitrogens with one attached hydrogen (secondary N) is 1. The van der Waals surface area contributed by atoms with Crippen molar-refractivity contribution in [1.82, 2.24) is 20.2 Å². The predicted molar refractivity (Wildman–Crippen MR) is 136 cm³/mol. The number of hydrogen-bond acceptors (Lipinski definition) is 5. The van der Waals surface area contributed by atoms with Crippen LogP contribution in [0.1, 0.15) is 31.0 Å². The normalized spacial score (nSPS) is 28.6. The number of piperidine rings is 1. The first kappa shape index (κ1) is 21.4. The summed E-state index contributed by atoms with van der Waals surface area (Å²) in [5, 5.41) is 7.49. The molecule has 4 heterocycles. The molecule has 36 heavy (non-hydrogen) atoms. The van der Waals surface area contributed by atoms with E-state index in [-0.39, 0.29) is 23.1 Å². The van der Waals surface area contributed by atoms with Crippen molar-refractivity contribution in [3.8, 4) is 0 Å². The quantitative estimate of drug-likeness (QED) is 0.598. The summed E-state index contributed by atoms with van der Waals surface area (Å²) in [6, 6.07) is 7.24. The molecule has 2 aliphatic heterocycles. The molecule has 1 unspecified atom stereocenters. The first-order valence-electron chi connectivity index (χ1n) is 12.5. The van der Waals surface area contributed by atoms with Crippen LogP contribution in [-0.2, 0) is 10.2 Å². The van der Waals surface area contributed by atoms with Crippen LogP contribution in [-0.4, -0.2) is 45.4 Å². The van der Waals surface area contributed by atoms with Crippen molar-refractivity contribution in [1.29, 1.82) is 0 Å². The molecule has 8 heteroatoms. The summed E-state index contributed by atoms with van der Waals surface area (Å²) in [7, 11) is 0. The molecule has 7 rings (SSSR count). The number of allylic oxidation sites excluding steroid dienone is 4. The molecule has 0 radical (unpaired) electrons. The maximum atomic E-state index is 14.7. The highest BCUT2D eigenvalue weighted by molar-refractivity contribution is 6.01. The Labute approximate surface area is 207 Å². The fraction of sp³-hybridized carbons (Fsp3) is 0.321. The van der Waals surface area contributed by atoms with Crippen molar-refractivity contribution in [2.75, 3.05) is 18.0 Å². The molecule has 3 aromatic rings. The number of aromatic nitrogens is 4. The predicted octanol–water partition coefficient (Wildman–Crippen LogP) is 4.40. The Morgan fingerprint density at radius 2 is 2.11 bits per heavy atom. The number of benzene rings is 1. The number of fused-ring (bicyclic) bond motifs is 3. The lowest BCUT2D eigenvalue weighted by atomic mass is 9.88. The average molecular weight is 481 g/mol. The van der Waals surface area contributed by atoms with Gasteiger partial charge in [0.1, 0.15) is 17.2 Å². The molecule has 1 saturated carbocycles. The first-order valence-corrected chi connectivity index (χ1v) is 12.5. The van der Waals surface area contributed by atoms with Gasteiger partial charge in [-0.25, -0.2) is 19.4 Å². The maximum Gasteiger partial charge on any atom is 0.257 e. The molecule has 1 saturated heterocycles. The lowest BCUT2D eigenvalue weighted by Crippen LogP contribution is -2.32. The second-order valence-electron chi connectivity index (χ2n) is 10.0. The minimum absolute atomic E-state index is 0.0924. The van der Waals surface area contributed by atoms with Crippen LogP contribution in [0.5, 0.6) is 0 Å². The van der Waals surface area contributed by atoms with E-state index in [1.165, 1.54) is 0 Å². The van der Waals surface area contributed by atoms with E-state index in [4.69, 9.17) is 9.97 Å². The summed E-state index contributed by atoms with van der Waals surface area (Å²) in [6.45, 7) is 3.87. The summed E-state index contributed by atoms with van der Waals surface area (Å²) in [4.78, 5) is 27.9. The van der Waals surface area contributed by atoms with E-state index in [9.17, 15) is 9.18 Å². The van der Waals surface area contributed by atoms with Crippen LogP contribution in [0.25, 0.3) is 16.7 Å². The van der Waals surface area contributed by atoms with Gasteiger partial charge in [-0.05, 0) is 53.5 Å². The smallest absolute Gasteiger partial charge is 0.257 e. The lowest BCUT2D eigenvalue weighted by Gasteiger charge is -2.26. The van der Waals surface area contributed by atoms with Gasteiger partial charge < -0.3 is 4.90 Å². The van der Waals surface area contributed by atoms with Crippen molar-refractivity contribution >= 4 is 34.7 Å². The van der Waals surface area contributed by atoms with Gasteiger partial charge in [-0.2, -0.15) is 5.10 Å². The van der Waals surface area contributed by atoms with Crippen molar-refractivity contribution in [2.24, 2.45) is 22.7 Å². The molecular formula is C28H25FN6O. The second kappa shape index (κ2) is 7.78. The Kier molecular flexibility index (Phi) is 4.61. The van der Waals surface area contributed by atoms with E-state index < -0.39 is 0 Å². The molecule has 0 bridgehead atoms. The van der Waals surface area contributed by atoms with Crippen LogP contribution in [0.15, 0.2) is 65.3 Å². The Balaban J connectivity index is 1.16. The number of rotatable bonds is 4. The minimum atomic E-state index is -0.381. The average Bonchev–Trinajstić information content (AvgIpc) is 3.36. The highest BCUT2D eigenvalue weighted by Gasteiger charge is 2.65. The zero-order valence-corrected chi connectivity index (χ0v) is 19.9. The van der Waals surface area contributed by atoms with E-state index in [1.54, 1.807) is 24.5 Å². The van der Waals surface area contributed by atoms with Crippen LogP contribution >= 0.6 is 0 Å². The molecule has 2 aliphatic carbocycles. The van der Waals surface area contributed by atoms with Gasteiger partial charge in [-0.15, -0.1) is 0 Å². The topological polar surface area (TPSA) is 87.1 Å². The molecule has 0 spiro atoms. The van der Waals surface area contributed by atoms with E-state index in [1.807, 2.05) is 36.4 Å². The molecule has 2 fully saturated rings. The summed E-state index contributed by atoms with van der Waals surface area (Å²) in [6.07, 6.45) is 12.9. The molecule has 4 atom stereocenters. The van der Waals surface area contributed by atoms with Gasteiger partial charge in [-0.1, -0.05) is 43.4 Å². The van der Waals surface area contributed by atoms with Crippen LogP contribution in [0.3, 0.4) is 0 Å². The number of carbonyl (C=O) groups is 1. The molecular weight excluding hydrogens is 455 g/mol. The minimum Gasteiger partial charge on any atom is -0.355 e. The zero-order chi connectivity index (χ0) is 24.4. The van der Waals surface area contributed by atoms with Crippen molar-refractivity contribution in [3.63, 3.8) is 0 Å². The number of halogens is 1. The number of anilines is 1. The largest absolute Gasteiger partial charge is 0.355 e. The second-order valence-corrected chi connectivity index (χ2v) is 10.0. The summed E-state index contributed by atoms with van der Waals surface area (Å²) < 4.78 is 14.7. The standard InChI is InChI=1S/C28H25FN6O/c1-2-28(20-5-3-4-6-22(20)29)19-10-12-35(15-21(19)28)23-14-31-25-24(33-34-26(25)32-23)17-8-7-16-9-11-30-27(36)18(16)13-17/h3-9,11,13-14,18-19,21H,2,10,12,15H2,1H3,(H,32,33,34)/t18?,19-,21+,28-/m1/s1. The maximum absolute atomic E-state index is 14.7. The molecule has 2 aromatic heterocycles. The molecule has 7 nitrogen and oxygen atoms in total. The van der Waals surface area contributed by atoms with Gasteiger partial charge >= 0.3 is 0 Å². The molecule has 1 aromatic carbocycles. The van der Waals surface area contributed by atoms with E-state index >= 15 is 0 Å². The third-order valence-electron chi connectivity index (χ3n) is 8.55. The van der Waals surface area contributed by atoms with Crippen molar-refractivity contribution in [3.05, 3.63) is 77.4 Å². The fourth-order valence-electron chi connectivity index (χ4n) is 6.72. The number of dihydropyridines is 1. The van der Waals surface area contributed by atoms with Gasteiger partial charge in [0.2, 0.25) is 5.65 Å². The molecule has 1 amide bonds. The summed E-state index contributed by atoms with van der Waals surface area (Å²) in [5.41, 5.74) is 4.50. The van der Waals surface area contributed by atoms with Crippen LogP contribution in [0.2, 0.25) is 0 Å². The highest BCUT2D eigenvalue weighted by atomic mass is 19.1. The highest BCUT2D eigenvalue weighted by Crippen LogP contribution is 2.65. The Bertz CT molecular complexity index is 1530. The molecule has 180 valence electrons. The van der Waals surface area contributed by atoms with E-state index in [2.05, 4.69) is 27.0 Å². The number of hydrogen-bond donors (Lipinski definition) is 1. The van der Waals surface area contributed by atoms with Gasteiger partial charge in [0, 0.05) is 24.7 Å². The number of amides is 1. The van der Waals surface area contributed by atoms with Gasteiger partial charge in [-0.3, -0.25) is 9.89 Å². The van der Waals surface area contributed by atoms with Crippen LogP contribution in [0, 0.1) is 23.6 Å². The number of carbonyl (C=O) groups excluding carboxylic acids is 1. The van der Waals surface area contributed by atoms with Gasteiger partial charge in [0.25, 0.3) is 5.91 Å². The fourth-order valence-corrected chi connectivity index (χ4v) is 6.72. The zero-order valence-electron chi connectivity index (χ0n) is 19.9. The van der Waals surface area contributed by atoms with Crippen LogP contribution < -0.4 is 4.90 Å². The first-order chi connectivity index (χ1) is 17.6.